The van der Waals surface area contributed by atoms with Crippen LogP contribution in [0.15, 0.2) is 12.2 Å². The van der Waals surface area contributed by atoms with Crippen LogP contribution in [0.25, 0.3) is 0 Å². The Balaban J connectivity index is 1.23. The SMILES string of the molecule is CCCCCC1CCC(/C=C/COC2CCC(C3CCC(CCC)CC3)CC2)CC1. The van der Waals surface area contributed by atoms with Crippen LogP contribution in [-0.2, 0) is 4.74 Å². The molecule has 174 valence electrons. The largest absolute Gasteiger partial charge is 0.374 e. The van der Waals surface area contributed by atoms with Crippen LogP contribution in [0, 0.1) is 29.6 Å². The summed E-state index contributed by atoms with van der Waals surface area (Å²) in [5.74, 6) is 4.95. The zero-order valence-corrected chi connectivity index (χ0v) is 20.5. The molecule has 0 aromatic rings. The zero-order valence-electron chi connectivity index (χ0n) is 20.5. The summed E-state index contributed by atoms with van der Waals surface area (Å²) in [5, 5.41) is 0. The van der Waals surface area contributed by atoms with E-state index in [4.69, 9.17) is 4.74 Å². The number of allylic oxidation sites excluding steroid dienone is 1. The highest BCUT2D eigenvalue weighted by atomic mass is 16.5. The summed E-state index contributed by atoms with van der Waals surface area (Å²) in [4.78, 5) is 0. The minimum absolute atomic E-state index is 0.539. The molecule has 0 heterocycles. The second-order valence-corrected chi connectivity index (χ2v) is 11.1. The number of unbranched alkanes of at least 4 members (excludes halogenated alkanes) is 2. The Morgan fingerprint density at radius 2 is 1.23 bits per heavy atom. The fraction of sp³-hybridized carbons (Fsp3) is 0.931. The molecule has 1 nitrogen and oxygen atoms in total. The first kappa shape index (κ1) is 24.3. The third kappa shape index (κ3) is 8.33. The standard InChI is InChI=1S/C29H52O/c1-3-5-6-9-25-11-13-26(14-12-25)10-7-23-30-29-21-19-28(20-22-29)27-17-15-24(8-4-2)16-18-27/h7,10,24-29H,3-6,8-9,11-23H2,1-2H3/b10-7+. The van der Waals surface area contributed by atoms with Gasteiger partial charge in [-0.15, -0.1) is 0 Å². The minimum Gasteiger partial charge on any atom is -0.374 e. The van der Waals surface area contributed by atoms with Gasteiger partial charge in [-0.05, 0) is 93.8 Å². The molecule has 0 atom stereocenters. The molecule has 0 radical (unpaired) electrons. The van der Waals surface area contributed by atoms with Gasteiger partial charge in [-0.2, -0.15) is 0 Å². The molecule has 3 saturated carbocycles. The molecular weight excluding hydrogens is 364 g/mol. The topological polar surface area (TPSA) is 9.23 Å². The Morgan fingerprint density at radius 1 is 0.633 bits per heavy atom. The maximum absolute atomic E-state index is 6.26. The lowest BCUT2D eigenvalue weighted by Crippen LogP contribution is -2.28. The Morgan fingerprint density at radius 3 is 1.87 bits per heavy atom. The Bertz CT molecular complexity index is 445. The molecular formula is C29H52O. The molecule has 0 unspecified atom stereocenters. The van der Waals surface area contributed by atoms with E-state index in [1.165, 1.54) is 116 Å². The highest BCUT2D eigenvalue weighted by Gasteiger charge is 2.30. The Hall–Kier alpha value is -0.300. The molecule has 30 heavy (non-hydrogen) atoms. The van der Waals surface area contributed by atoms with Crippen LogP contribution in [0.3, 0.4) is 0 Å². The summed E-state index contributed by atoms with van der Waals surface area (Å²) in [6, 6.07) is 0. The van der Waals surface area contributed by atoms with Crippen molar-refractivity contribution in [2.45, 2.75) is 136 Å². The molecule has 0 spiro atoms. The average Bonchev–Trinajstić information content (AvgIpc) is 2.79. The summed E-state index contributed by atoms with van der Waals surface area (Å²) in [5.41, 5.74) is 0. The lowest BCUT2D eigenvalue weighted by Gasteiger charge is -2.37. The molecule has 0 aliphatic heterocycles. The smallest absolute Gasteiger partial charge is 0.0651 e. The predicted octanol–water partition coefficient (Wildman–Crippen LogP) is 9.11. The van der Waals surface area contributed by atoms with E-state index in [1.54, 1.807) is 0 Å². The molecule has 1 heteroatoms. The summed E-state index contributed by atoms with van der Waals surface area (Å²) >= 11 is 0. The fourth-order valence-electron chi connectivity index (χ4n) is 6.88. The lowest BCUT2D eigenvalue weighted by molar-refractivity contribution is 0.0208. The van der Waals surface area contributed by atoms with Gasteiger partial charge in [0.1, 0.15) is 0 Å². The van der Waals surface area contributed by atoms with Gasteiger partial charge in [0.2, 0.25) is 0 Å². The van der Waals surface area contributed by atoms with Crippen molar-refractivity contribution in [2.24, 2.45) is 29.6 Å². The first-order valence-corrected chi connectivity index (χ1v) is 14.1. The summed E-state index contributed by atoms with van der Waals surface area (Å²) in [6.45, 7) is 5.52. The van der Waals surface area contributed by atoms with E-state index in [9.17, 15) is 0 Å². The molecule has 3 fully saturated rings. The summed E-state index contributed by atoms with van der Waals surface area (Å²) < 4.78 is 6.26. The van der Waals surface area contributed by atoms with Crippen molar-refractivity contribution < 1.29 is 4.74 Å². The van der Waals surface area contributed by atoms with Crippen LogP contribution < -0.4 is 0 Å². The van der Waals surface area contributed by atoms with Crippen molar-refractivity contribution >= 4 is 0 Å². The van der Waals surface area contributed by atoms with Gasteiger partial charge in [-0.1, -0.05) is 77.4 Å². The third-order valence-electron chi connectivity index (χ3n) is 8.92. The molecule has 0 bridgehead atoms. The highest BCUT2D eigenvalue weighted by Crippen LogP contribution is 2.41. The van der Waals surface area contributed by atoms with E-state index in [0.29, 0.717) is 6.10 Å². The minimum atomic E-state index is 0.539. The van der Waals surface area contributed by atoms with Crippen LogP contribution in [0.5, 0.6) is 0 Å². The molecule has 0 aromatic carbocycles. The molecule has 3 aliphatic carbocycles. The number of hydrogen-bond donors (Lipinski definition) is 0. The first-order chi connectivity index (χ1) is 14.8. The van der Waals surface area contributed by atoms with Crippen molar-refractivity contribution in [1.29, 1.82) is 0 Å². The van der Waals surface area contributed by atoms with Crippen LogP contribution in [0.2, 0.25) is 0 Å². The zero-order chi connectivity index (χ0) is 21.0. The van der Waals surface area contributed by atoms with E-state index in [1.807, 2.05) is 0 Å². The van der Waals surface area contributed by atoms with E-state index in [2.05, 4.69) is 26.0 Å². The average molecular weight is 417 g/mol. The summed E-state index contributed by atoms with van der Waals surface area (Å²) in [7, 11) is 0. The van der Waals surface area contributed by atoms with Gasteiger partial charge in [0.15, 0.2) is 0 Å². The van der Waals surface area contributed by atoms with E-state index >= 15 is 0 Å². The number of rotatable bonds is 11. The van der Waals surface area contributed by atoms with Crippen LogP contribution in [0.4, 0.5) is 0 Å². The van der Waals surface area contributed by atoms with Gasteiger partial charge in [0.25, 0.3) is 0 Å². The number of ether oxygens (including phenoxy) is 1. The van der Waals surface area contributed by atoms with Gasteiger partial charge in [0, 0.05) is 0 Å². The molecule has 0 N–H and O–H groups in total. The quantitative estimate of drug-likeness (QED) is 0.241. The monoisotopic (exact) mass is 416 g/mol. The van der Waals surface area contributed by atoms with Gasteiger partial charge in [-0.3, -0.25) is 0 Å². The first-order valence-electron chi connectivity index (χ1n) is 14.1. The van der Waals surface area contributed by atoms with Gasteiger partial charge in [-0.25, -0.2) is 0 Å². The molecule has 0 amide bonds. The second-order valence-electron chi connectivity index (χ2n) is 11.1. The van der Waals surface area contributed by atoms with Crippen molar-refractivity contribution in [3.63, 3.8) is 0 Å². The fourth-order valence-corrected chi connectivity index (χ4v) is 6.88. The second kappa shape index (κ2) is 14.0. The van der Waals surface area contributed by atoms with Crippen LogP contribution in [0.1, 0.15) is 129 Å². The highest BCUT2D eigenvalue weighted by molar-refractivity contribution is 4.91. The predicted molar refractivity (Wildman–Crippen MR) is 131 cm³/mol. The van der Waals surface area contributed by atoms with Crippen molar-refractivity contribution in [1.82, 2.24) is 0 Å². The van der Waals surface area contributed by atoms with Crippen molar-refractivity contribution in [2.75, 3.05) is 6.61 Å². The van der Waals surface area contributed by atoms with Crippen molar-refractivity contribution in [3.05, 3.63) is 12.2 Å². The van der Waals surface area contributed by atoms with Gasteiger partial charge in [0.05, 0.1) is 12.7 Å². The number of hydrogen-bond acceptors (Lipinski definition) is 1. The van der Waals surface area contributed by atoms with Crippen LogP contribution >= 0.6 is 0 Å². The van der Waals surface area contributed by atoms with E-state index < -0.39 is 0 Å². The molecule has 0 aromatic heterocycles. The normalized spacial score (nSPS) is 35.7. The van der Waals surface area contributed by atoms with Crippen LogP contribution in [-0.4, -0.2) is 12.7 Å². The van der Waals surface area contributed by atoms with E-state index in [-0.39, 0.29) is 0 Å². The van der Waals surface area contributed by atoms with Gasteiger partial charge >= 0.3 is 0 Å². The molecule has 3 rings (SSSR count). The maximum Gasteiger partial charge on any atom is 0.0651 e. The summed E-state index contributed by atoms with van der Waals surface area (Å²) in [6.07, 6.45) is 31.3. The lowest BCUT2D eigenvalue weighted by atomic mass is 9.70. The maximum atomic E-state index is 6.26. The molecule has 3 aliphatic rings. The third-order valence-corrected chi connectivity index (χ3v) is 8.92. The Kier molecular flexibility index (Phi) is 11.3. The van der Waals surface area contributed by atoms with E-state index in [0.717, 1.165) is 36.2 Å². The Labute approximate surface area is 188 Å². The van der Waals surface area contributed by atoms with Crippen molar-refractivity contribution in [3.8, 4) is 0 Å². The van der Waals surface area contributed by atoms with Gasteiger partial charge < -0.3 is 4.74 Å². The molecule has 0 saturated heterocycles.